The number of pyridine rings is 1. The number of aromatic nitrogens is 3. The molecule has 0 radical (unpaired) electrons. The zero-order valence-electron chi connectivity index (χ0n) is 10.7. The molecule has 0 atom stereocenters. The molecular weight excluding hydrogens is 262 g/mol. The SMILES string of the molecule is Cc1ccnc2c1nc(SCC(=O)O)n2CC1CC1. The van der Waals surface area contributed by atoms with Crippen molar-refractivity contribution in [3.63, 3.8) is 0 Å². The van der Waals surface area contributed by atoms with Crippen LogP contribution in [0.15, 0.2) is 17.4 Å². The van der Waals surface area contributed by atoms with Gasteiger partial charge in [0.2, 0.25) is 0 Å². The van der Waals surface area contributed by atoms with E-state index in [0.29, 0.717) is 5.92 Å². The third-order valence-electron chi connectivity index (χ3n) is 3.26. The quantitative estimate of drug-likeness (QED) is 0.849. The normalized spacial score (nSPS) is 15.0. The minimum absolute atomic E-state index is 0.0348. The monoisotopic (exact) mass is 277 g/mol. The summed E-state index contributed by atoms with van der Waals surface area (Å²) < 4.78 is 2.08. The van der Waals surface area contributed by atoms with E-state index in [1.165, 1.54) is 24.6 Å². The van der Waals surface area contributed by atoms with E-state index < -0.39 is 5.97 Å². The van der Waals surface area contributed by atoms with Gasteiger partial charge in [0.1, 0.15) is 5.52 Å². The van der Waals surface area contributed by atoms with Gasteiger partial charge >= 0.3 is 5.97 Å². The molecule has 0 amide bonds. The van der Waals surface area contributed by atoms with E-state index in [1.807, 2.05) is 13.0 Å². The highest BCUT2D eigenvalue weighted by Gasteiger charge is 2.25. The minimum Gasteiger partial charge on any atom is -0.481 e. The first-order valence-electron chi connectivity index (χ1n) is 6.31. The number of hydrogen-bond donors (Lipinski definition) is 1. The van der Waals surface area contributed by atoms with E-state index in [0.717, 1.165) is 28.4 Å². The highest BCUT2D eigenvalue weighted by molar-refractivity contribution is 7.99. The number of aryl methyl sites for hydroxylation is 1. The van der Waals surface area contributed by atoms with Crippen LogP contribution in [-0.2, 0) is 11.3 Å². The van der Waals surface area contributed by atoms with Crippen LogP contribution < -0.4 is 0 Å². The van der Waals surface area contributed by atoms with Crippen LogP contribution in [-0.4, -0.2) is 31.4 Å². The van der Waals surface area contributed by atoms with Crippen LogP contribution in [0.4, 0.5) is 0 Å². The minimum atomic E-state index is -0.820. The molecule has 0 aliphatic heterocycles. The molecule has 3 rings (SSSR count). The van der Waals surface area contributed by atoms with Crippen molar-refractivity contribution in [2.45, 2.75) is 31.5 Å². The maximum absolute atomic E-state index is 10.7. The molecule has 0 bridgehead atoms. The Labute approximate surface area is 115 Å². The van der Waals surface area contributed by atoms with Crippen LogP contribution in [0, 0.1) is 12.8 Å². The molecule has 6 heteroatoms. The predicted molar refractivity (Wildman–Crippen MR) is 73.3 cm³/mol. The Kier molecular flexibility index (Phi) is 3.18. The Bertz CT molecular complexity index is 634. The van der Waals surface area contributed by atoms with Crippen molar-refractivity contribution in [2.24, 2.45) is 5.92 Å². The van der Waals surface area contributed by atoms with Crippen molar-refractivity contribution in [2.75, 3.05) is 5.75 Å². The number of thioether (sulfide) groups is 1. The summed E-state index contributed by atoms with van der Waals surface area (Å²) in [6, 6.07) is 1.93. The second-order valence-electron chi connectivity index (χ2n) is 4.93. The van der Waals surface area contributed by atoms with Crippen LogP contribution in [0.5, 0.6) is 0 Å². The third-order valence-corrected chi connectivity index (χ3v) is 4.22. The number of nitrogens with zero attached hydrogens (tertiary/aromatic N) is 3. The number of carbonyl (C=O) groups is 1. The van der Waals surface area contributed by atoms with Gasteiger partial charge in [0.05, 0.1) is 5.75 Å². The number of fused-ring (bicyclic) bond motifs is 1. The average Bonchev–Trinajstić information content (AvgIpc) is 3.10. The van der Waals surface area contributed by atoms with E-state index in [2.05, 4.69) is 14.5 Å². The molecule has 5 nitrogen and oxygen atoms in total. The number of carboxylic acid groups (broad SMARTS) is 1. The Balaban J connectivity index is 2.01. The Morgan fingerprint density at radius 3 is 3.05 bits per heavy atom. The summed E-state index contributed by atoms with van der Waals surface area (Å²) in [5, 5.41) is 9.59. The molecule has 1 aliphatic rings. The number of imidazole rings is 1. The molecule has 1 fully saturated rings. The molecule has 2 aromatic heterocycles. The number of aliphatic carboxylic acids is 1. The number of carboxylic acids is 1. The van der Waals surface area contributed by atoms with E-state index in [1.54, 1.807) is 6.20 Å². The third kappa shape index (κ3) is 2.58. The average molecular weight is 277 g/mol. The Morgan fingerprint density at radius 1 is 1.58 bits per heavy atom. The zero-order valence-corrected chi connectivity index (χ0v) is 11.5. The summed E-state index contributed by atoms with van der Waals surface area (Å²) in [5.74, 6) is -0.0869. The molecule has 1 N–H and O–H groups in total. The second kappa shape index (κ2) is 4.85. The van der Waals surface area contributed by atoms with Crippen LogP contribution in [0.3, 0.4) is 0 Å². The van der Waals surface area contributed by atoms with Crippen molar-refractivity contribution < 1.29 is 9.90 Å². The van der Waals surface area contributed by atoms with Crippen molar-refractivity contribution in [3.8, 4) is 0 Å². The first kappa shape index (κ1) is 12.5. The Hall–Kier alpha value is -1.56. The molecule has 1 saturated carbocycles. The van der Waals surface area contributed by atoms with Gasteiger partial charge in [0, 0.05) is 12.7 Å². The second-order valence-corrected chi connectivity index (χ2v) is 5.87. The topological polar surface area (TPSA) is 68.0 Å². The fourth-order valence-electron chi connectivity index (χ4n) is 2.08. The molecule has 2 heterocycles. The van der Waals surface area contributed by atoms with Crippen LogP contribution in [0.1, 0.15) is 18.4 Å². The lowest BCUT2D eigenvalue weighted by atomic mass is 10.3. The van der Waals surface area contributed by atoms with Gasteiger partial charge in [-0.05, 0) is 37.3 Å². The molecule has 0 unspecified atom stereocenters. The molecule has 2 aromatic rings. The fourth-order valence-corrected chi connectivity index (χ4v) is 2.80. The molecular formula is C13H15N3O2S. The van der Waals surface area contributed by atoms with Crippen molar-refractivity contribution >= 4 is 28.9 Å². The van der Waals surface area contributed by atoms with Crippen LogP contribution in [0.2, 0.25) is 0 Å². The summed E-state index contributed by atoms with van der Waals surface area (Å²) in [5.41, 5.74) is 2.84. The summed E-state index contributed by atoms with van der Waals surface area (Å²) in [6.07, 6.45) is 4.28. The first-order valence-corrected chi connectivity index (χ1v) is 7.30. The van der Waals surface area contributed by atoms with Crippen LogP contribution >= 0.6 is 11.8 Å². The largest absolute Gasteiger partial charge is 0.481 e. The summed E-state index contributed by atoms with van der Waals surface area (Å²) in [6.45, 7) is 2.90. The smallest absolute Gasteiger partial charge is 0.313 e. The van der Waals surface area contributed by atoms with Gasteiger partial charge in [-0.15, -0.1) is 0 Å². The van der Waals surface area contributed by atoms with E-state index in [9.17, 15) is 4.79 Å². The lowest BCUT2D eigenvalue weighted by molar-refractivity contribution is -0.133. The van der Waals surface area contributed by atoms with Gasteiger partial charge in [0.25, 0.3) is 0 Å². The molecule has 100 valence electrons. The predicted octanol–water partition coefficient (Wildman–Crippen LogP) is 2.33. The number of rotatable bonds is 5. The maximum Gasteiger partial charge on any atom is 0.313 e. The standard InChI is InChI=1S/C13H15N3O2S/c1-8-4-5-14-12-11(8)15-13(19-7-10(17)18)16(12)6-9-2-3-9/h4-5,9H,2-3,6-7H2,1H3,(H,17,18). The lowest BCUT2D eigenvalue weighted by Crippen LogP contribution is -2.05. The summed E-state index contributed by atoms with van der Waals surface area (Å²) >= 11 is 1.27. The van der Waals surface area contributed by atoms with Gasteiger partial charge < -0.3 is 9.67 Å². The van der Waals surface area contributed by atoms with Gasteiger partial charge in [-0.25, -0.2) is 9.97 Å². The maximum atomic E-state index is 10.7. The molecule has 0 saturated heterocycles. The molecule has 0 spiro atoms. The fraction of sp³-hybridized carbons (Fsp3) is 0.462. The highest BCUT2D eigenvalue weighted by Crippen LogP contribution is 2.34. The highest BCUT2D eigenvalue weighted by atomic mass is 32.2. The van der Waals surface area contributed by atoms with Gasteiger partial charge in [0.15, 0.2) is 10.8 Å². The van der Waals surface area contributed by atoms with E-state index >= 15 is 0 Å². The van der Waals surface area contributed by atoms with E-state index in [4.69, 9.17) is 5.11 Å². The molecule has 19 heavy (non-hydrogen) atoms. The van der Waals surface area contributed by atoms with Gasteiger partial charge in [-0.1, -0.05) is 11.8 Å². The lowest BCUT2D eigenvalue weighted by Gasteiger charge is -2.06. The summed E-state index contributed by atoms with van der Waals surface area (Å²) in [4.78, 5) is 19.7. The van der Waals surface area contributed by atoms with Gasteiger partial charge in [-0.3, -0.25) is 4.79 Å². The van der Waals surface area contributed by atoms with Crippen LogP contribution in [0.25, 0.3) is 11.2 Å². The Morgan fingerprint density at radius 2 is 2.37 bits per heavy atom. The summed E-state index contributed by atoms with van der Waals surface area (Å²) in [7, 11) is 0. The zero-order chi connectivity index (χ0) is 13.4. The number of hydrogen-bond acceptors (Lipinski definition) is 4. The van der Waals surface area contributed by atoms with E-state index in [-0.39, 0.29) is 5.75 Å². The van der Waals surface area contributed by atoms with Crippen molar-refractivity contribution in [3.05, 3.63) is 17.8 Å². The molecule has 1 aliphatic carbocycles. The first-order chi connectivity index (χ1) is 9.15. The van der Waals surface area contributed by atoms with Gasteiger partial charge in [-0.2, -0.15) is 0 Å². The van der Waals surface area contributed by atoms with Crippen molar-refractivity contribution in [1.82, 2.24) is 14.5 Å². The molecule has 0 aromatic carbocycles. The van der Waals surface area contributed by atoms with Crippen molar-refractivity contribution in [1.29, 1.82) is 0 Å².